The zero-order valence-electron chi connectivity index (χ0n) is 12.9. The van der Waals surface area contributed by atoms with Gasteiger partial charge >= 0.3 is 0 Å². The van der Waals surface area contributed by atoms with Crippen molar-refractivity contribution in [3.8, 4) is 11.3 Å². The Balaban J connectivity index is 1.82. The van der Waals surface area contributed by atoms with E-state index >= 15 is 0 Å². The summed E-state index contributed by atoms with van der Waals surface area (Å²) in [6.07, 6.45) is 2.19. The van der Waals surface area contributed by atoms with Gasteiger partial charge in [0.2, 0.25) is 5.16 Å². The molecule has 1 aromatic carbocycles. The Kier molecular flexibility index (Phi) is 3.62. The summed E-state index contributed by atoms with van der Waals surface area (Å²) >= 11 is 1.38. The molecule has 0 radical (unpaired) electrons. The molecular weight excluding hydrogens is 324 g/mol. The molecule has 4 rings (SSSR count). The van der Waals surface area contributed by atoms with Gasteiger partial charge in [0.15, 0.2) is 5.82 Å². The van der Waals surface area contributed by atoms with Crippen LogP contribution in [0.3, 0.4) is 0 Å². The maximum atomic E-state index is 6.04. The van der Waals surface area contributed by atoms with E-state index in [9.17, 15) is 0 Å². The third kappa shape index (κ3) is 2.48. The lowest BCUT2D eigenvalue weighted by Crippen LogP contribution is -2.13. The van der Waals surface area contributed by atoms with Gasteiger partial charge in [0.25, 0.3) is 5.78 Å². The van der Waals surface area contributed by atoms with E-state index < -0.39 is 0 Å². The molecule has 0 saturated carbocycles. The number of nitrogens with two attached hydrogens (primary N) is 1. The molecule has 0 spiro atoms. The average Bonchev–Trinajstić information content (AvgIpc) is 3.23. The van der Waals surface area contributed by atoms with Crippen molar-refractivity contribution in [1.82, 2.24) is 34.5 Å². The molecule has 4 aromatic rings. The van der Waals surface area contributed by atoms with Crippen molar-refractivity contribution >= 4 is 17.5 Å². The highest BCUT2D eigenvalue weighted by atomic mass is 32.2. The second kappa shape index (κ2) is 5.93. The molecule has 0 aliphatic rings. The van der Waals surface area contributed by atoms with Gasteiger partial charge in [-0.15, -0.1) is 10.2 Å². The SMILES string of the molecule is CCc1nnc(Sc2cc(-c3ccccc3)nc3ncnn23)n1N. The van der Waals surface area contributed by atoms with Gasteiger partial charge in [-0.25, -0.2) is 9.66 Å². The van der Waals surface area contributed by atoms with Gasteiger partial charge < -0.3 is 5.84 Å². The first-order valence-corrected chi connectivity index (χ1v) is 8.21. The topological polar surface area (TPSA) is 99.8 Å². The highest BCUT2D eigenvalue weighted by Gasteiger charge is 2.15. The Morgan fingerprint density at radius 2 is 2.00 bits per heavy atom. The van der Waals surface area contributed by atoms with Crippen molar-refractivity contribution in [2.45, 2.75) is 23.5 Å². The van der Waals surface area contributed by atoms with Crippen LogP contribution in [0.1, 0.15) is 12.7 Å². The van der Waals surface area contributed by atoms with Gasteiger partial charge in [-0.1, -0.05) is 37.3 Å². The number of nitrogen functional groups attached to an aromatic ring is 1. The Labute approximate surface area is 141 Å². The third-order valence-corrected chi connectivity index (χ3v) is 4.50. The molecule has 9 heteroatoms. The summed E-state index contributed by atoms with van der Waals surface area (Å²) in [5, 5.41) is 13.9. The number of fused-ring (bicyclic) bond motifs is 1. The normalized spacial score (nSPS) is 11.2. The lowest BCUT2D eigenvalue weighted by molar-refractivity contribution is 0.787. The Morgan fingerprint density at radius 3 is 2.75 bits per heavy atom. The number of rotatable bonds is 4. The molecular formula is C15H14N8S. The number of aromatic nitrogens is 7. The largest absolute Gasteiger partial charge is 0.336 e. The number of hydrogen-bond acceptors (Lipinski definition) is 7. The summed E-state index contributed by atoms with van der Waals surface area (Å²) in [6, 6.07) is 11.9. The van der Waals surface area contributed by atoms with E-state index in [1.807, 2.05) is 43.3 Å². The van der Waals surface area contributed by atoms with Crippen LogP contribution in [0.5, 0.6) is 0 Å². The van der Waals surface area contributed by atoms with Crippen LogP contribution in [0, 0.1) is 0 Å². The summed E-state index contributed by atoms with van der Waals surface area (Å²) in [5.74, 6) is 7.29. The predicted octanol–water partition coefficient (Wildman–Crippen LogP) is 1.81. The van der Waals surface area contributed by atoms with Crippen LogP contribution in [0.15, 0.2) is 52.9 Å². The molecule has 0 unspecified atom stereocenters. The molecule has 0 aliphatic heterocycles. The molecule has 0 amide bonds. The van der Waals surface area contributed by atoms with Crippen LogP contribution < -0.4 is 5.84 Å². The average molecular weight is 338 g/mol. The molecule has 0 aliphatic carbocycles. The zero-order valence-corrected chi connectivity index (χ0v) is 13.7. The maximum Gasteiger partial charge on any atom is 0.253 e. The summed E-state index contributed by atoms with van der Waals surface area (Å²) in [6.45, 7) is 1.98. The minimum atomic E-state index is 0.526. The van der Waals surface area contributed by atoms with E-state index in [1.54, 1.807) is 4.52 Å². The van der Waals surface area contributed by atoms with E-state index in [-0.39, 0.29) is 0 Å². The number of benzene rings is 1. The molecule has 3 heterocycles. The number of aryl methyl sites for hydroxylation is 1. The van der Waals surface area contributed by atoms with E-state index in [1.165, 1.54) is 22.8 Å². The van der Waals surface area contributed by atoms with Gasteiger partial charge in [-0.3, -0.25) is 0 Å². The van der Waals surface area contributed by atoms with Crippen LogP contribution in [-0.2, 0) is 6.42 Å². The number of nitrogens with zero attached hydrogens (tertiary/aromatic N) is 7. The second-order valence-electron chi connectivity index (χ2n) is 5.04. The quantitative estimate of drug-likeness (QED) is 0.447. The first kappa shape index (κ1) is 14.6. The molecule has 24 heavy (non-hydrogen) atoms. The lowest BCUT2D eigenvalue weighted by atomic mass is 10.1. The van der Waals surface area contributed by atoms with Gasteiger partial charge in [-0.05, 0) is 17.8 Å². The maximum absolute atomic E-state index is 6.04. The first-order chi connectivity index (χ1) is 11.8. The van der Waals surface area contributed by atoms with Crippen LogP contribution >= 0.6 is 11.8 Å². The molecule has 8 nitrogen and oxygen atoms in total. The molecule has 3 aromatic heterocycles. The van der Waals surface area contributed by atoms with Crippen molar-refractivity contribution in [3.05, 3.63) is 48.5 Å². The van der Waals surface area contributed by atoms with Crippen molar-refractivity contribution in [2.75, 3.05) is 5.84 Å². The van der Waals surface area contributed by atoms with Crippen molar-refractivity contribution in [2.24, 2.45) is 0 Å². The van der Waals surface area contributed by atoms with Gasteiger partial charge in [0, 0.05) is 12.0 Å². The molecule has 0 saturated heterocycles. The fraction of sp³-hybridized carbons (Fsp3) is 0.133. The van der Waals surface area contributed by atoms with Crippen LogP contribution in [0.4, 0.5) is 0 Å². The Morgan fingerprint density at radius 1 is 1.17 bits per heavy atom. The van der Waals surface area contributed by atoms with E-state index in [2.05, 4.69) is 25.3 Å². The Bertz CT molecular complexity index is 991. The summed E-state index contributed by atoms with van der Waals surface area (Å²) in [5.41, 5.74) is 1.82. The standard InChI is InChI=1S/C15H14N8S/c1-2-12-20-21-15(22(12)16)24-13-8-11(10-6-4-3-5-7-10)19-14-17-9-18-23(13)14/h3-9H,2,16H2,1H3. The predicted molar refractivity (Wildman–Crippen MR) is 89.9 cm³/mol. The van der Waals surface area contributed by atoms with Crippen LogP contribution in [0.2, 0.25) is 0 Å². The highest BCUT2D eigenvalue weighted by Crippen LogP contribution is 2.29. The second-order valence-corrected chi connectivity index (χ2v) is 6.03. The molecule has 120 valence electrons. The minimum Gasteiger partial charge on any atom is -0.336 e. The smallest absolute Gasteiger partial charge is 0.253 e. The van der Waals surface area contributed by atoms with Crippen molar-refractivity contribution in [1.29, 1.82) is 0 Å². The third-order valence-electron chi connectivity index (χ3n) is 3.54. The fourth-order valence-electron chi connectivity index (χ4n) is 2.33. The molecule has 0 atom stereocenters. The Hall–Kier alpha value is -2.94. The summed E-state index contributed by atoms with van der Waals surface area (Å²) < 4.78 is 3.16. The fourth-order valence-corrected chi connectivity index (χ4v) is 3.18. The summed E-state index contributed by atoms with van der Waals surface area (Å²) in [7, 11) is 0. The minimum absolute atomic E-state index is 0.526. The lowest BCUT2D eigenvalue weighted by Gasteiger charge is -2.07. The van der Waals surface area contributed by atoms with Crippen molar-refractivity contribution in [3.63, 3.8) is 0 Å². The molecule has 2 N–H and O–H groups in total. The summed E-state index contributed by atoms with van der Waals surface area (Å²) in [4.78, 5) is 8.76. The van der Waals surface area contributed by atoms with Crippen LogP contribution in [0.25, 0.3) is 17.0 Å². The van der Waals surface area contributed by atoms with Gasteiger partial charge in [0.1, 0.15) is 11.4 Å². The van der Waals surface area contributed by atoms with E-state index in [4.69, 9.17) is 5.84 Å². The zero-order chi connectivity index (χ0) is 16.5. The van der Waals surface area contributed by atoms with E-state index in [0.29, 0.717) is 17.4 Å². The number of hydrogen-bond donors (Lipinski definition) is 1. The molecule has 0 fully saturated rings. The van der Waals surface area contributed by atoms with Crippen LogP contribution in [-0.4, -0.2) is 34.5 Å². The van der Waals surface area contributed by atoms with E-state index in [0.717, 1.165) is 22.1 Å². The van der Waals surface area contributed by atoms with Gasteiger partial charge in [-0.2, -0.15) is 14.6 Å². The van der Waals surface area contributed by atoms with Gasteiger partial charge in [0.05, 0.1) is 5.69 Å². The molecule has 0 bridgehead atoms. The monoisotopic (exact) mass is 338 g/mol. The first-order valence-electron chi connectivity index (χ1n) is 7.39. The van der Waals surface area contributed by atoms with Crippen molar-refractivity contribution < 1.29 is 0 Å². The highest BCUT2D eigenvalue weighted by molar-refractivity contribution is 7.99.